The van der Waals surface area contributed by atoms with Crippen LogP contribution in [0.5, 0.6) is 0 Å². The highest BCUT2D eigenvalue weighted by Crippen LogP contribution is 2.32. The zero-order valence-corrected chi connectivity index (χ0v) is 16.5. The second-order valence-corrected chi connectivity index (χ2v) is 7.95. The summed E-state index contributed by atoms with van der Waals surface area (Å²) in [5.74, 6) is 0.623. The van der Waals surface area contributed by atoms with Crippen LogP contribution >= 0.6 is 0 Å². The van der Waals surface area contributed by atoms with Crippen LogP contribution < -0.4 is 11.1 Å². The molecule has 1 fully saturated rings. The molecule has 0 aliphatic heterocycles. The molecule has 29 heavy (non-hydrogen) atoms. The lowest BCUT2D eigenvalue weighted by atomic mass is 9.79. The second kappa shape index (κ2) is 8.06. The minimum Gasteiger partial charge on any atom is -0.339 e. The van der Waals surface area contributed by atoms with E-state index in [2.05, 4.69) is 28.3 Å². The summed E-state index contributed by atoms with van der Waals surface area (Å²) in [7, 11) is 0. The smallest absolute Gasteiger partial charge is 0.227 e. The Morgan fingerprint density at radius 3 is 2.62 bits per heavy atom. The van der Waals surface area contributed by atoms with Crippen LogP contribution in [0.25, 0.3) is 22.3 Å². The Morgan fingerprint density at radius 1 is 1.24 bits per heavy atom. The van der Waals surface area contributed by atoms with E-state index in [0.29, 0.717) is 11.5 Å². The SMILES string of the molecule is CC(N)C1CCC(C(=O)Nc2ccnc3[nH]c(-c4ccc(C#N)cc4)cc23)CC1. The van der Waals surface area contributed by atoms with Gasteiger partial charge in [0.2, 0.25) is 5.91 Å². The fourth-order valence-electron chi connectivity index (χ4n) is 4.16. The topological polar surface area (TPSA) is 108 Å². The number of aromatic amines is 1. The first-order valence-corrected chi connectivity index (χ1v) is 10.1. The van der Waals surface area contributed by atoms with Crippen molar-refractivity contribution in [2.24, 2.45) is 17.6 Å². The molecule has 1 amide bonds. The molecule has 3 aromatic rings. The van der Waals surface area contributed by atoms with E-state index in [0.717, 1.165) is 53.7 Å². The van der Waals surface area contributed by atoms with Crippen molar-refractivity contribution in [1.82, 2.24) is 9.97 Å². The second-order valence-electron chi connectivity index (χ2n) is 7.95. The average Bonchev–Trinajstić information content (AvgIpc) is 3.19. The molecule has 6 nitrogen and oxygen atoms in total. The van der Waals surface area contributed by atoms with Crippen LogP contribution in [-0.2, 0) is 4.79 Å². The lowest BCUT2D eigenvalue weighted by Crippen LogP contribution is -2.33. The lowest BCUT2D eigenvalue weighted by Gasteiger charge is -2.30. The monoisotopic (exact) mass is 387 g/mol. The van der Waals surface area contributed by atoms with E-state index in [4.69, 9.17) is 11.0 Å². The van der Waals surface area contributed by atoms with Crippen molar-refractivity contribution in [1.29, 1.82) is 5.26 Å². The van der Waals surface area contributed by atoms with Gasteiger partial charge in [-0.15, -0.1) is 0 Å². The number of fused-ring (bicyclic) bond motifs is 1. The molecule has 4 rings (SSSR count). The van der Waals surface area contributed by atoms with Gasteiger partial charge in [0.15, 0.2) is 0 Å². The lowest BCUT2D eigenvalue weighted by molar-refractivity contribution is -0.121. The number of amides is 1. The Morgan fingerprint density at radius 2 is 1.97 bits per heavy atom. The summed E-state index contributed by atoms with van der Waals surface area (Å²) < 4.78 is 0. The minimum absolute atomic E-state index is 0.0325. The average molecular weight is 387 g/mol. The summed E-state index contributed by atoms with van der Waals surface area (Å²) in [4.78, 5) is 20.5. The van der Waals surface area contributed by atoms with Crippen LogP contribution in [0.1, 0.15) is 38.2 Å². The number of rotatable bonds is 4. The normalized spacial score (nSPS) is 20.2. The number of aromatic nitrogens is 2. The van der Waals surface area contributed by atoms with Crippen molar-refractivity contribution < 1.29 is 4.79 Å². The van der Waals surface area contributed by atoms with E-state index >= 15 is 0 Å². The molecular formula is C23H25N5O. The summed E-state index contributed by atoms with van der Waals surface area (Å²) in [6, 6.07) is 13.5. The summed E-state index contributed by atoms with van der Waals surface area (Å²) in [5, 5.41) is 13.0. The van der Waals surface area contributed by atoms with E-state index in [-0.39, 0.29) is 17.9 Å². The van der Waals surface area contributed by atoms with E-state index in [1.807, 2.05) is 24.3 Å². The predicted molar refractivity (Wildman–Crippen MR) is 114 cm³/mol. The van der Waals surface area contributed by atoms with Gasteiger partial charge in [0.05, 0.1) is 17.3 Å². The number of pyridine rings is 1. The van der Waals surface area contributed by atoms with Gasteiger partial charge in [-0.2, -0.15) is 5.26 Å². The molecular weight excluding hydrogens is 362 g/mol. The van der Waals surface area contributed by atoms with Gasteiger partial charge in [-0.05, 0) is 68.4 Å². The Kier molecular flexibility index (Phi) is 5.32. The molecule has 2 aromatic heterocycles. The fraction of sp³-hybridized carbons (Fsp3) is 0.348. The quantitative estimate of drug-likeness (QED) is 0.623. The summed E-state index contributed by atoms with van der Waals surface area (Å²) in [5.41, 5.74) is 9.99. The third kappa shape index (κ3) is 4.01. The molecule has 1 aromatic carbocycles. The van der Waals surface area contributed by atoms with Gasteiger partial charge in [0.25, 0.3) is 0 Å². The molecule has 6 heteroatoms. The van der Waals surface area contributed by atoms with Crippen molar-refractivity contribution >= 4 is 22.6 Å². The zero-order chi connectivity index (χ0) is 20.4. The third-order valence-electron chi connectivity index (χ3n) is 6.00. The molecule has 4 N–H and O–H groups in total. The molecule has 148 valence electrons. The number of hydrogen-bond donors (Lipinski definition) is 3. The van der Waals surface area contributed by atoms with Gasteiger partial charge >= 0.3 is 0 Å². The first kappa shape index (κ1) is 19.2. The van der Waals surface area contributed by atoms with E-state index in [1.165, 1.54) is 0 Å². The number of hydrogen-bond acceptors (Lipinski definition) is 4. The van der Waals surface area contributed by atoms with Gasteiger partial charge in [0, 0.05) is 29.2 Å². The maximum atomic E-state index is 12.8. The van der Waals surface area contributed by atoms with E-state index in [9.17, 15) is 4.79 Å². The van der Waals surface area contributed by atoms with E-state index in [1.54, 1.807) is 18.3 Å². The molecule has 0 bridgehead atoms. The first-order valence-electron chi connectivity index (χ1n) is 10.1. The van der Waals surface area contributed by atoms with Crippen molar-refractivity contribution in [3.8, 4) is 17.3 Å². The third-order valence-corrected chi connectivity index (χ3v) is 6.00. The largest absolute Gasteiger partial charge is 0.339 e. The molecule has 0 saturated heterocycles. The van der Waals surface area contributed by atoms with Crippen LogP contribution in [-0.4, -0.2) is 21.9 Å². The molecule has 0 radical (unpaired) electrons. The zero-order valence-electron chi connectivity index (χ0n) is 16.5. The molecule has 2 heterocycles. The highest BCUT2D eigenvalue weighted by atomic mass is 16.1. The summed E-state index contributed by atoms with van der Waals surface area (Å²) >= 11 is 0. The van der Waals surface area contributed by atoms with Crippen molar-refractivity contribution in [2.45, 2.75) is 38.6 Å². The highest BCUT2D eigenvalue weighted by Gasteiger charge is 2.28. The van der Waals surface area contributed by atoms with E-state index < -0.39 is 0 Å². The number of nitrogens with zero attached hydrogens (tertiary/aromatic N) is 2. The van der Waals surface area contributed by atoms with Crippen molar-refractivity contribution in [3.63, 3.8) is 0 Å². The number of nitrogens with two attached hydrogens (primary N) is 1. The minimum atomic E-state index is 0.0325. The molecule has 1 aliphatic rings. The Balaban J connectivity index is 1.53. The maximum absolute atomic E-state index is 12.8. The number of benzene rings is 1. The number of nitrogens with one attached hydrogen (secondary N) is 2. The van der Waals surface area contributed by atoms with Gasteiger partial charge in [-0.1, -0.05) is 12.1 Å². The number of carbonyl (C=O) groups excluding carboxylic acids is 1. The summed E-state index contributed by atoms with van der Waals surface area (Å²) in [6.07, 6.45) is 5.48. The van der Waals surface area contributed by atoms with Gasteiger partial charge in [0.1, 0.15) is 5.65 Å². The molecule has 1 unspecified atom stereocenters. The first-order chi connectivity index (χ1) is 14.0. The standard InChI is InChI=1S/C23H25N5O/c1-14(25)16-6-8-18(9-7-16)23(29)28-20-10-11-26-22-19(20)12-21(27-22)17-4-2-15(13-24)3-5-17/h2-5,10-12,14,16,18H,6-9,25H2,1H3,(H2,26,27,28,29). The molecule has 1 atom stereocenters. The number of carbonyl (C=O) groups is 1. The van der Waals surface area contributed by atoms with Gasteiger partial charge in [-0.25, -0.2) is 4.98 Å². The van der Waals surface area contributed by atoms with Gasteiger partial charge < -0.3 is 16.0 Å². The van der Waals surface area contributed by atoms with Gasteiger partial charge in [-0.3, -0.25) is 4.79 Å². The van der Waals surface area contributed by atoms with Crippen LogP contribution in [0.15, 0.2) is 42.6 Å². The van der Waals surface area contributed by atoms with Crippen molar-refractivity contribution in [3.05, 3.63) is 48.2 Å². The van der Waals surface area contributed by atoms with Crippen LogP contribution in [0.3, 0.4) is 0 Å². The molecule has 1 saturated carbocycles. The summed E-state index contributed by atoms with van der Waals surface area (Å²) in [6.45, 7) is 2.05. The number of anilines is 1. The van der Waals surface area contributed by atoms with Crippen LogP contribution in [0, 0.1) is 23.2 Å². The highest BCUT2D eigenvalue weighted by molar-refractivity contribution is 6.02. The fourth-order valence-corrected chi connectivity index (χ4v) is 4.16. The Hall–Kier alpha value is -3.17. The maximum Gasteiger partial charge on any atom is 0.227 e. The number of H-pyrrole nitrogens is 1. The number of nitriles is 1. The van der Waals surface area contributed by atoms with Crippen LogP contribution in [0.4, 0.5) is 5.69 Å². The Bertz CT molecular complexity index is 1050. The molecule has 0 spiro atoms. The molecule has 1 aliphatic carbocycles. The Labute approximate surface area is 170 Å². The van der Waals surface area contributed by atoms with Crippen LogP contribution in [0.2, 0.25) is 0 Å². The predicted octanol–water partition coefficient (Wildman–Crippen LogP) is 4.19. The van der Waals surface area contributed by atoms with Crippen molar-refractivity contribution in [2.75, 3.05) is 5.32 Å².